The van der Waals surface area contributed by atoms with Crippen LogP contribution in [0.1, 0.15) is 12.5 Å². The fraction of sp³-hybridized carbons (Fsp3) is 0.278. The van der Waals surface area contributed by atoms with Gasteiger partial charge in [-0.15, -0.1) is 11.8 Å². The van der Waals surface area contributed by atoms with E-state index < -0.39 is 6.10 Å². The molecule has 0 aliphatic heterocycles. The van der Waals surface area contributed by atoms with E-state index in [0.29, 0.717) is 12.3 Å². The first kappa shape index (κ1) is 17.9. The summed E-state index contributed by atoms with van der Waals surface area (Å²) in [5.41, 5.74) is 1.25. The minimum absolute atomic E-state index is 0.0996. The average molecular weight is 394 g/mol. The second kappa shape index (κ2) is 8.99. The van der Waals surface area contributed by atoms with Crippen LogP contribution in [0.3, 0.4) is 0 Å². The number of nitrogens with one attached hydrogen (secondary N) is 1. The maximum atomic E-state index is 12.0. The van der Waals surface area contributed by atoms with Gasteiger partial charge in [0.2, 0.25) is 0 Å². The van der Waals surface area contributed by atoms with E-state index in [-0.39, 0.29) is 5.91 Å². The molecule has 122 valence electrons. The SMILES string of the molecule is Cc1ccc(SCCNC(=O)C(C)Oc2ccc(Br)cc2)cc1. The van der Waals surface area contributed by atoms with E-state index in [0.717, 1.165) is 10.2 Å². The second-order valence-corrected chi connectivity index (χ2v) is 7.25. The second-order valence-electron chi connectivity index (χ2n) is 5.17. The van der Waals surface area contributed by atoms with Crippen LogP contribution in [0.15, 0.2) is 57.9 Å². The van der Waals surface area contributed by atoms with Crippen molar-refractivity contribution in [3.63, 3.8) is 0 Å². The molecule has 0 bridgehead atoms. The Hall–Kier alpha value is -1.46. The zero-order valence-corrected chi connectivity index (χ0v) is 15.6. The van der Waals surface area contributed by atoms with Crippen LogP contribution in [-0.2, 0) is 4.79 Å². The van der Waals surface area contributed by atoms with E-state index in [4.69, 9.17) is 4.74 Å². The number of thioether (sulfide) groups is 1. The molecule has 3 nitrogen and oxygen atoms in total. The summed E-state index contributed by atoms with van der Waals surface area (Å²) in [4.78, 5) is 13.2. The average Bonchev–Trinajstić information content (AvgIpc) is 2.55. The number of aryl methyl sites for hydroxylation is 1. The molecule has 23 heavy (non-hydrogen) atoms. The Kier molecular flexibility index (Phi) is 6.99. The molecule has 1 unspecified atom stereocenters. The molecule has 5 heteroatoms. The fourth-order valence-corrected chi connectivity index (χ4v) is 2.92. The fourth-order valence-electron chi connectivity index (χ4n) is 1.89. The number of ether oxygens (including phenoxy) is 1. The van der Waals surface area contributed by atoms with Gasteiger partial charge in [-0.3, -0.25) is 4.79 Å². The van der Waals surface area contributed by atoms with Crippen LogP contribution in [0.5, 0.6) is 5.75 Å². The van der Waals surface area contributed by atoms with Crippen LogP contribution in [0.25, 0.3) is 0 Å². The highest BCUT2D eigenvalue weighted by atomic mass is 79.9. The maximum Gasteiger partial charge on any atom is 0.260 e. The Morgan fingerprint density at radius 1 is 1.17 bits per heavy atom. The third-order valence-electron chi connectivity index (χ3n) is 3.19. The van der Waals surface area contributed by atoms with Gasteiger partial charge in [0.15, 0.2) is 6.10 Å². The number of hydrogen-bond acceptors (Lipinski definition) is 3. The zero-order chi connectivity index (χ0) is 16.7. The van der Waals surface area contributed by atoms with E-state index in [1.54, 1.807) is 18.7 Å². The topological polar surface area (TPSA) is 38.3 Å². The molecule has 0 aliphatic rings. The number of carbonyl (C=O) groups excluding carboxylic acids is 1. The zero-order valence-electron chi connectivity index (χ0n) is 13.2. The summed E-state index contributed by atoms with van der Waals surface area (Å²) in [6, 6.07) is 15.8. The van der Waals surface area contributed by atoms with Crippen molar-refractivity contribution in [1.29, 1.82) is 0 Å². The molecule has 0 fully saturated rings. The molecule has 0 aromatic heterocycles. The van der Waals surface area contributed by atoms with E-state index in [9.17, 15) is 4.79 Å². The van der Waals surface area contributed by atoms with Crippen molar-refractivity contribution < 1.29 is 9.53 Å². The van der Waals surface area contributed by atoms with Gasteiger partial charge in [0, 0.05) is 21.7 Å². The lowest BCUT2D eigenvalue weighted by molar-refractivity contribution is -0.127. The maximum absolute atomic E-state index is 12.0. The number of amides is 1. The molecule has 1 N–H and O–H groups in total. The summed E-state index contributed by atoms with van der Waals surface area (Å²) in [6.07, 6.45) is -0.513. The molecule has 0 spiro atoms. The number of benzene rings is 2. The molecule has 2 aromatic rings. The number of carbonyl (C=O) groups is 1. The Labute approximate surface area is 149 Å². The van der Waals surface area contributed by atoms with Crippen molar-refractivity contribution in [1.82, 2.24) is 5.32 Å². The van der Waals surface area contributed by atoms with Gasteiger partial charge in [-0.05, 0) is 50.2 Å². The van der Waals surface area contributed by atoms with Crippen molar-refractivity contribution in [2.75, 3.05) is 12.3 Å². The first-order valence-electron chi connectivity index (χ1n) is 7.44. The van der Waals surface area contributed by atoms with Gasteiger partial charge in [-0.1, -0.05) is 33.6 Å². The third-order valence-corrected chi connectivity index (χ3v) is 4.73. The first-order valence-corrected chi connectivity index (χ1v) is 9.22. The largest absolute Gasteiger partial charge is 0.481 e. The molecule has 2 aromatic carbocycles. The van der Waals surface area contributed by atoms with Gasteiger partial charge < -0.3 is 10.1 Å². The van der Waals surface area contributed by atoms with Crippen LogP contribution in [0.2, 0.25) is 0 Å². The molecule has 0 aliphatic carbocycles. The Morgan fingerprint density at radius 2 is 1.83 bits per heavy atom. The predicted octanol–water partition coefficient (Wildman–Crippen LogP) is 4.43. The van der Waals surface area contributed by atoms with Crippen LogP contribution >= 0.6 is 27.7 Å². The van der Waals surface area contributed by atoms with E-state index in [1.165, 1.54) is 10.5 Å². The summed E-state index contributed by atoms with van der Waals surface area (Å²) >= 11 is 5.10. The van der Waals surface area contributed by atoms with Crippen molar-refractivity contribution in [3.8, 4) is 5.75 Å². The smallest absolute Gasteiger partial charge is 0.260 e. The minimum Gasteiger partial charge on any atom is -0.481 e. The van der Waals surface area contributed by atoms with Crippen molar-refractivity contribution in [3.05, 3.63) is 58.6 Å². The first-order chi connectivity index (χ1) is 11.0. The summed E-state index contributed by atoms with van der Waals surface area (Å²) in [7, 11) is 0. The molecule has 1 atom stereocenters. The van der Waals surface area contributed by atoms with Crippen LogP contribution < -0.4 is 10.1 Å². The third kappa shape index (κ3) is 6.28. The van der Waals surface area contributed by atoms with E-state index in [1.807, 2.05) is 24.3 Å². The highest BCUT2D eigenvalue weighted by molar-refractivity contribution is 9.10. The highest BCUT2D eigenvalue weighted by Crippen LogP contribution is 2.18. The van der Waals surface area contributed by atoms with Gasteiger partial charge in [0.25, 0.3) is 5.91 Å². The molecular weight excluding hydrogens is 374 g/mol. The van der Waals surface area contributed by atoms with Gasteiger partial charge >= 0.3 is 0 Å². The number of rotatable bonds is 7. The Bertz CT molecular complexity index is 628. The Balaban J connectivity index is 1.69. The molecule has 0 saturated carbocycles. The van der Waals surface area contributed by atoms with Gasteiger partial charge in [0.1, 0.15) is 5.75 Å². The lowest BCUT2D eigenvalue weighted by Crippen LogP contribution is -2.37. The quantitative estimate of drug-likeness (QED) is 0.558. The lowest BCUT2D eigenvalue weighted by Gasteiger charge is -2.14. The molecule has 2 rings (SSSR count). The summed E-state index contributed by atoms with van der Waals surface area (Å²) in [5.74, 6) is 1.42. The van der Waals surface area contributed by atoms with Gasteiger partial charge in [0.05, 0.1) is 0 Å². The van der Waals surface area contributed by atoms with Crippen LogP contribution in [-0.4, -0.2) is 24.3 Å². The standard InChI is InChI=1S/C18H20BrNO2S/c1-13-3-9-17(10-4-13)23-12-11-20-18(21)14(2)22-16-7-5-15(19)6-8-16/h3-10,14H,11-12H2,1-2H3,(H,20,21). The number of hydrogen-bond donors (Lipinski definition) is 1. The van der Waals surface area contributed by atoms with E-state index >= 15 is 0 Å². The van der Waals surface area contributed by atoms with Crippen LogP contribution in [0, 0.1) is 6.92 Å². The van der Waals surface area contributed by atoms with E-state index in [2.05, 4.69) is 52.4 Å². The van der Waals surface area contributed by atoms with Gasteiger partial charge in [-0.2, -0.15) is 0 Å². The lowest BCUT2D eigenvalue weighted by atomic mass is 10.2. The molecule has 0 heterocycles. The van der Waals surface area contributed by atoms with Crippen molar-refractivity contribution in [2.24, 2.45) is 0 Å². The predicted molar refractivity (Wildman–Crippen MR) is 99.1 cm³/mol. The van der Waals surface area contributed by atoms with Crippen molar-refractivity contribution >= 4 is 33.6 Å². The normalized spacial score (nSPS) is 11.8. The number of halogens is 1. The summed E-state index contributed by atoms with van der Waals surface area (Å²) in [6.45, 7) is 4.44. The molecule has 0 saturated heterocycles. The Morgan fingerprint density at radius 3 is 2.48 bits per heavy atom. The summed E-state index contributed by atoms with van der Waals surface area (Å²) in [5, 5.41) is 2.90. The van der Waals surface area contributed by atoms with Crippen LogP contribution in [0.4, 0.5) is 0 Å². The minimum atomic E-state index is -0.513. The highest BCUT2D eigenvalue weighted by Gasteiger charge is 2.13. The van der Waals surface area contributed by atoms with Gasteiger partial charge in [-0.25, -0.2) is 0 Å². The van der Waals surface area contributed by atoms with Crippen molar-refractivity contribution in [2.45, 2.75) is 24.8 Å². The molecule has 1 amide bonds. The summed E-state index contributed by atoms with van der Waals surface area (Å²) < 4.78 is 6.60. The molecular formula is C18H20BrNO2S. The molecule has 0 radical (unpaired) electrons. The monoisotopic (exact) mass is 393 g/mol.